The molecule has 0 saturated carbocycles. The van der Waals surface area contributed by atoms with E-state index in [4.69, 9.17) is 0 Å². The summed E-state index contributed by atoms with van der Waals surface area (Å²) in [6, 6.07) is 13.7. The quantitative estimate of drug-likeness (QED) is 0.578. The maximum Gasteiger partial charge on any atom is 0.254 e. The fraction of sp³-hybridized carbons (Fsp3) is 0.280. The van der Waals surface area contributed by atoms with E-state index >= 15 is 4.39 Å². The minimum atomic E-state index is -0.777. The van der Waals surface area contributed by atoms with Crippen molar-refractivity contribution in [3.05, 3.63) is 86.9 Å². The largest absolute Gasteiger partial charge is 0.362 e. The van der Waals surface area contributed by atoms with Crippen LogP contribution in [-0.2, 0) is 9.59 Å². The van der Waals surface area contributed by atoms with E-state index in [9.17, 15) is 9.59 Å². The maximum absolute atomic E-state index is 15.1. The van der Waals surface area contributed by atoms with Gasteiger partial charge in [-0.1, -0.05) is 48.0 Å². The Labute approximate surface area is 189 Å². The third-order valence-electron chi connectivity index (χ3n) is 5.79. The first-order chi connectivity index (χ1) is 14.7. The number of hydrogen-bond donors (Lipinski definition) is 2. The van der Waals surface area contributed by atoms with Crippen molar-refractivity contribution in [2.75, 3.05) is 5.32 Å². The zero-order chi connectivity index (χ0) is 22.3. The Balaban J connectivity index is 1.86. The van der Waals surface area contributed by atoms with Gasteiger partial charge in [-0.05, 0) is 49.1 Å². The van der Waals surface area contributed by atoms with Gasteiger partial charge < -0.3 is 10.6 Å². The Morgan fingerprint density at radius 1 is 1.16 bits per heavy atom. The van der Waals surface area contributed by atoms with Crippen molar-refractivity contribution in [1.82, 2.24) is 5.32 Å². The number of rotatable bonds is 3. The Bertz CT molecular complexity index is 1140. The molecule has 1 aliphatic carbocycles. The second-order valence-electron chi connectivity index (χ2n) is 8.92. The number of halogens is 2. The highest BCUT2D eigenvalue weighted by molar-refractivity contribution is 9.10. The third kappa shape index (κ3) is 4.22. The highest BCUT2D eigenvalue weighted by atomic mass is 79.9. The summed E-state index contributed by atoms with van der Waals surface area (Å²) in [5.74, 6) is -1.64. The van der Waals surface area contributed by atoms with Crippen LogP contribution in [0.2, 0.25) is 0 Å². The summed E-state index contributed by atoms with van der Waals surface area (Å²) in [6.07, 6.45) is 1.01. The van der Waals surface area contributed by atoms with E-state index in [2.05, 4.69) is 26.6 Å². The molecule has 0 aromatic heterocycles. The minimum Gasteiger partial charge on any atom is -0.362 e. The molecule has 0 radical (unpaired) electrons. The van der Waals surface area contributed by atoms with Gasteiger partial charge in [-0.3, -0.25) is 9.59 Å². The fourth-order valence-electron chi connectivity index (χ4n) is 4.50. The Kier molecular flexibility index (Phi) is 5.60. The molecule has 2 N–H and O–H groups in total. The SMILES string of the molecule is CC1=C(C(=O)Nc2ccccc2)[C@@H](c2cc(Br)ccc2F)C2=C(CC(C)(C)CC2=O)N1. The van der Waals surface area contributed by atoms with Crippen LogP contribution in [-0.4, -0.2) is 11.7 Å². The predicted molar refractivity (Wildman–Crippen MR) is 123 cm³/mol. The topological polar surface area (TPSA) is 58.2 Å². The lowest BCUT2D eigenvalue weighted by molar-refractivity contribution is -0.118. The molecule has 1 amide bonds. The number of nitrogens with one attached hydrogen (secondary N) is 2. The van der Waals surface area contributed by atoms with Gasteiger partial charge in [0.15, 0.2) is 5.78 Å². The number of hydrogen-bond acceptors (Lipinski definition) is 3. The number of carbonyl (C=O) groups is 2. The molecule has 31 heavy (non-hydrogen) atoms. The number of ketones is 1. The van der Waals surface area contributed by atoms with Gasteiger partial charge in [0.25, 0.3) is 5.91 Å². The van der Waals surface area contributed by atoms with Crippen LogP contribution in [0.4, 0.5) is 10.1 Å². The van der Waals surface area contributed by atoms with Crippen molar-refractivity contribution < 1.29 is 14.0 Å². The summed E-state index contributed by atoms with van der Waals surface area (Å²) in [7, 11) is 0. The fourth-order valence-corrected chi connectivity index (χ4v) is 4.88. The lowest BCUT2D eigenvalue weighted by Crippen LogP contribution is -2.39. The second kappa shape index (κ2) is 8.08. The molecule has 0 spiro atoms. The van der Waals surface area contributed by atoms with Crippen LogP contribution in [0.25, 0.3) is 0 Å². The van der Waals surface area contributed by atoms with Crippen LogP contribution in [0, 0.1) is 11.2 Å². The van der Waals surface area contributed by atoms with Gasteiger partial charge in [-0.25, -0.2) is 4.39 Å². The first-order valence-corrected chi connectivity index (χ1v) is 11.0. The first kappa shape index (κ1) is 21.5. The molecule has 0 fully saturated rings. The number of para-hydroxylation sites is 1. The lowest BCUT2D eigenvalue weighted by Gasteiger charge is -2.39. The zero-order valence-corrected chi connectivity index (χ0v) is 19.3. The number of anilines is 1. The van der Waals surface area contributed by atoms with E-state index in [-0.39, 0.29) is 17.1 Å². The molecule has 2 aromatic carbocycles. The molecule has 1 atom stereocenters. The average Bonchev–Trinajstić information content (AvgIpc) is 2.68. The summed E-state index contributed by atoms with van der Waals surface area (Å²) in [5.41, 5.74) is 2.99. The molecule has 0 saturated heterocycles. The van der Waals surface area contributed by atoms with Crippen molar-refractivity contribution in [2.24, 2.45) is 5.41 Å². The van der Waals surface area contributed by atoms with Gasteiger partial charge in [0, 0.05) is 50.6 Å². The molecule has 2 aliphatic rings. The first-order valence-electron chi connectivity index (χ1n) is 10.2. The van der Waals surface area contributed by atoms with E-state index in [1.54, 1.807) is 31.2 Å². The molecule has 4 nitrogen and oxygen atoms in total. The molecule has 4 rings (SSSR count). The van der Waals surface area contributed by atoms with E-state index < -0.39 is 11.7 Å². The highest BCUT2D eigenvalue weighted by Gasteiger charge is 2.43. The molecular formula is C25H24BrFN2O2. The van der Waals surface area contributed by atoms with Crippen molar-refractivity contribution in [2.45, 2.75) is 39.5 Å². The average molecular weight is 483 g/mol. The van der Waals surface area contributed by atoms with E-state index in [1.807, 2.05) is 32.0 Å². The van der Waals surface area contributed by atoms with Crippen LogP contribution < -0.4 is 10.6 Å². The van der Waals surface area contributed by atoms with Gasteiger partial charge >= 0.3 is 0 Å². The van der Waals surface area contributed by atoms with Crippen LogP contribution in [0.1, 0.15) is 45.1 Å². The van der Waals surface area contributed by atoms with Crippen LogP contribution >= 0.6 is 15.9 Å². The molecule has 0 unspecified atom stereocenters. The Morgan fingerprint density at radius 2 is 1.87 bits per heavy atom. The predicted octanol–water partition coefficient (Wildman–Crippen LogP) is 5.83. The second-order valence-corrected chi connectivity index (χ2v) is 9.83. The molecule has 0 bridgehead atoms. The van der Waals surface area contributed by atoms with Gasteiger partial charge in [0.1, 0.15) is 5.82 Å². The van der Waals surface area contributed by atoms with Crippen LogP contribution in [0.15, 0.2) is 75.5 Å². The van der Waals surface area contributed by atoms with Gasteiger partial charge in [0.05, 0.1) is 0 Å². The summed E-state index contributed by atoms with van der Waals surface area (Å²) < 4.78 is 15.7. The molecule has 1 aliphatic heterocycles. The summed E-state index contributed by atoms with van der Waals surface area (Å²) in [6.45, 7) is 5.89. The number of amides is 1. The Hall–Kier alpha value is -2.73. The van der Waals surface area contributed by atoms with Gasteiger partial charge in [0.2, 0.25) is 0 Å². The van der Waals surface area contributed by atoms with Crippen LogP contribution in [0.5, 0.6) is 0 Å². The summed E-state index contributed by atoms with van der Waals surface area (Å²) in [4.78, 5) is 26.7. The van der Waals surface area contributed by atoms with Crippen molar-refractivity contribution >= 4 is 33.3 Å². The maximum atomic E-state index is 15.1. The minimum absolute atomic E-state index is 0.0550. The normalized spacial score (nSPS) is 20.3. The van der Waals surface area contributed by atoms with E-state index in [1.165, 1.54) is 6.07 Å². The molecule has 6 heteroatoms. The zero-order valence-electron chi connectivity index (χ0n) is 17.7. The van der Waals surface area contributed by atoms with Crippen molar-refractivity contribution in [1.29, 1.82) is 0 Å². The highest BCUT2D eigenvalue weighted by Crippen LogP contribution is 2.47. The molecule has 160 valence electrons. The van der Waals surface area contributed by atoms with Gasteiger partial charge in [-0.15, -0.1) is 0 Å². The number of benzene rings is 2. The van der Waals surface area contributed by atoms with Crippen LogP contribution in [0.3, 0.4) is 0 Å². The molecule has 2 aromatic rings. The summed E-state index contributed by atoms with van der Waals surface area (Å²) >= 11 is 3.41. The lowest BCUT2D eigenvalue weighted by atomic mass is 9.68. The number of carbonyl (C=O) groups excluding carboxylic acids is 2. The smallest absolute Gasteiger partial charge is 0.254 e. The molecular weight excluding hydrogens is 459 g/mol. The number of allylic oxidation sites excluding steroid dienone is 3. The van der Waals surface area contributed by atoms with Gasteiger partial charge in [-0.2, -0.15) is 0 Å². The van der Waals surface area contributed by atoms with Crippen molar-refractivity contribution in [3.8, 4) is 0 Å². The summed E-state index contributed by atoms with van der Waals surface area (Å²) in [5, 5.41) is 6.20. The monoisotopic (exact) mass is 482 g/mol. The standard InChI is InChI=1S/C25H24BrFN2O2/c1-14-21(24(31)29-16-7-5-4-6-8-16)22(17-11-15(26)9-10-18(17)27)23-19(28-14)12-25(2,3)13-20(23)30/h4-11,22,28H,12-13H2,1-3H3,(H,29,31)/t22-/m1/s1. The number of Topliss-reactive ketones (excluding diaryl/α,β-unsaturated/α-hetero) is 1. The van der Waals surface area contributed by atoms with Crippen molar-refractivity contribution in [3.63, 3.8) is 0 Å². The Morgan fingerprint density at radius 3 is 2.58 bits per heavy atom. The molecule has 1 heterocycles. The number of dihydropyridines is 1. The van der Waals surface area contributed by atoms with E-state index in [0.29, 0.717) is 45.4 Å². The van der Waals surface area contributed by atoms with E-state index in [0.717, 1.165) is 5.70 Å². The third-order valence-corrected chi connectivity index (χ3v) is 6.28.